The summed E-state index contributed by atoms with van der Waals surface area (Å²) < 4.78 is 11.2. The Hall–Kier alpha value is -0.930. The van der Waals surface area contributed by atoms with Crippen molar-refractivity contribution in [2.24, 2.45) is 0 Å². The van der Waals surface area contributed by atoms with Gasteiger partial charge in [0.1, 0.15) is 13.2 Å². The number of hydrogen-bond acceptors (Lipinski definition) is 3. The molecular weight excluding hydrogens is 238 g/mol. The first kappa shape index (κ1) is 11.2. The van der Waals surface area contributed by atoms with E-state index < -0.39 is 0 Å². The lowest BCUT2D eigenvalue weighted by molar-refractivity contribution is 0.171. The van der Waals surface area contributed by atoms with Crippen LogP contribution in [0, 0.1) is 6.92 Å². The number of rotatable bonds is 1. The van der Waals surface area contributed by atoms with E-state index >= 15 is 0 Å². The van der Waals surface area contributed by atoms with Crippen LogP contribution in [0.1, 0.15) is 23.5 Å². The van der Waals surface area contributed by atoms with E-state index in [0.717, 1.165) is 30.8 Å². The molecule has 1 aromatic rings. The molecule has 0 saturated carbocycles. The van der Waals surface area contributed by atoms with Gasteiger partial charge in [-0.2, -0.15) is 0 Å². The van der Waals surface area contributed by atoms with E-state index in [-0.39, 0.29) is 0 Å². The molecule has 0 amide bonds. The number of benzene rings is 1. The van der Waals surface area contributed by atoms with Crippen molar-refractivity contribution in [2.75, 3.05) is 26.3 Å². The van der Waals surface area contributed by atoms with E-state index in [0.29, 0.717) is 29.9 Å². The normalized spacial score (nSPS) is 22.8. The quantitative estimate of drug-likeness (QED) is 0.834. The summed E-state index contributed by atoms with van der Waals surface area (Å²) in [5, 5.41) is 4.09. The minimum atomic E-state index is 0.545. The van der Waals surface area contributed by atoms with E-state index in [9.17, 15) is 0 Å². The molecular formula is C13H16ClNO2. The molecule has 1 atom stereocenters. The molecule has 0 bridgehead atoms. The molecule has 1 aromatic carbocycles. The SMILES string of the molecule is Cc1c(C2CCNC2)cc2c(c1Cl)OCCO2. The Labute approximate surface area is 106 Å². The molecule has 3 rings (SSSR count). The summed E-state index contributed by atoms with van der Waals surface area (Å²) in [5.41, 5.74) is 2.42. The average molecular weight is 254 g/mol. The first-order valence-corrected chi connectivity index (χ1v) is 6.44. The van der Waals surface area contributed by atoms with Crippen molar-refractivity contribution < 1.29 is 9.47 Å². The lowest BCUT2D eigenvalue weighted by Crippen LogP contribution is -2.17. The third-order valence-corrected chi connectivity index (χ3v) is 4.01. The third kappa shape index (κ3) is 1.87. The van der Waals surface area contributed by atoms with Crippen molar-refractivity contribution in [2.45, 2.75) is 19.3 Å². The monoisotopic (exact) mass is 253 g/mol. The second-order valence-electron chi connectivity index (χ2n) is 4.62. The van der Waals surface area contributed by atoms with Gasteiger partial charge in [-0.25, -0.2) is 0 Å². The topological polar surface area (TPSA) is 30.5 Å². The van der Waals surface area contributed by atoms with Crippen LogP contribution in [-0.2, 0) is 0 Å². The van der Waals surface area contributed by atoms with Gasteiger partial charge in [-0.3, -0.25) is 0 Å². The van der Waals surface area contributed by atoms with Crippen LogP contribution < -0.4 is 14.8 Å². The largest absolute Gasteiger partial charge is 0.486 e. The Bertz CT molecular complexity index is 442. The highest BCUT2D eigenvalue weighted by molar-refractivity contribution is 6.33. The highest BCUT2D eigenvalue weighted by Gasteiger charge is 2.25. The molecule has 2 heterocycles. The van der Waals surface area contributed by atoms with Crippen molar-refractivity contribution in [3.63, 3.8) is 0 Å². The van der Waals surface area contributed by atoms with Crippen molar-refractivity contribution in [1.29, 1.82) is 0 Å². The Morgan fingerprint density at radius 2 is 2.18 bits per heavy atom. The highest BCUT2D eigenvalue weighted by Crippen LogP contribution is 2.43. The molecule has 0 aliphatic carbocycles. The molecule has 4 heteroatoms. The maximum atomic E-state index is 6.37. The summed E-state index contributed by atoms with van der Waals surface area (Å²) in [4.78, 5) is 0. The van der Waals surface area contributed by atoms with Crippen LogP contribution in [0.25, 0.3) is 0 Å². The highest BCUT2D eigenvalue weighted by atomic mass is 35.5. The minimum absolute atomic E-state index is 0.545. The van der Waals surface area contributed by atoms with Gasteiger partial charge in [0.05, 0.1) is 5.02 Å². The fourth-order valence-electron chi connectivity index (χ4n) is 2.60. The maximum absolute atomic E-state index is 6.37. The van der Waals surface area contributed by atoms with Crippen LogP contribution in [0.3, 0.4) is 0 Å². The van der Waals surface area contributed by atoms with Crippen molar-refractivity contribution >= 4 is 11.6 Å². The zero-order chi connectivity index (χ0) is 11.8. The van der Waals surface area contributed by atoms with Crippen molar-refractivity contribution in [1.82, 2.24) is 5.32 Å². The second-order valence-corrected chi connectivity index (χ2v) is 5.00. The Kier molecular flexibility index (Phi) is 2.89. The Balaban J connectivity index is 2.06. The summed E-state index contributed by atoms with van der Waals surface area (Å²) in [6.45, 7) is 5.35. The number of halogens is 1. The number of ether oxygens (including phenoxy) is 2. The van der Waals surface area contributed by atoms with Crippen molar-refractivity contribution in [3.05, 3.63) is 22.2 Å². The maximum Gasteiger partial charge on any atom is 0.180 e. The molecule has 2 aliphatic heterocycles. The van der Waals surface area contributed by atoms with Crippen molar-refractivity contribution in [3.8, 4) is 11.5 Å². The first-order chi connectivity index (χ1) is 8.27. The van der Waals surface area contributed by atoms with Crippen LogP contribution in [-0.4, -0.2) is 26.3 Å². The Morgan fingerprint density at radius 1 is 1.35 bits per heavy atom. The molecule has 1 fully saturated rings. The van der Waals surface area contributed by atoms with E-state index in [1.165, 1.54) is 5.56 Å². The van der Waals surface area contributed by atoms with E-state index in [1.807, 2.05) is 0 Å². The predicted molar refractivity (Wildman–Crippen MR) is 67.4 cm³/mol. The van der Waals surface area contributed by atoms with E-state index in [1.54, 1.807) is 0 Å². The third-order valence-electron chi connectivity index (χ3n) is 3.56. The zero-order valence-corrected chi connectivity index (χ0v) is 10.6. The number of nitrogens with one attached hydrogen (secondary N) is 1. The minimum Gasteiger partial charge on any atom is -0.486 e. The van der Waals surface area contributed by atoms with Gasteiger partial charge >= 0.3 is 0 Å². The molecule has 0 spiro atoms. The van der Waals surface area contributed by atoms with E-state index in [2.05, 4.69) is 18.3 Å². The summed E-state index contributed by atoms with van der Waals surface area (Å²) in [6.07, 6.45) is 1.16. The van der Waals surface area contributed by atoms with Crippen LogP contribution in [0.15, 0.2) is 6.07 Å². The lowest BCUT2D eigenvalue weighted by Gasteiger charge is -2.23. The van der Waals surface area contributed by atoms with Crippen LogP contribution >= 0.6 is 11.6 Å². The summed E-state index contributed by atoms with van der Waals surface area (Å²) in [7, 11) is 0. The molecule has 3 nitrogen and oxygen atoms in total. The lowest BCUT2D eigenvalue weighted by atomic mass is 9.93. The van der Waals surface area contributed by atoms with Gasteiger partial charge in [0.25, 0.3) is 0 Å². The number of hydrogen-bond donors (Lipinski definition) is 1. The second kappa shape index (κ2) is 4.39. The van der Waals surface area contributed by atoms with Gasteiger partial charge in [0.2, 0.25) is 0 Å². The van der Waals surface area contributed by atoms with Gasteiger partial charge in [-0.05, 0) is 43.0 Å². The van der Waals surface area contributed by atoms with E-state index in [4.69, 9.17) is 21.1 Å². The van der Waals surface area contributed by atoms with Gasteiger partial charge in [0, 0.05) is 6.54 Å². The average Bonchev–Trinajstić information content (AvgIpc) is 2.87. The van der Waals surface area contributed by atoms with Crippen LogP contribution in [0.5, 0.6) is 11.5 Å². The van der Waals surface area contributed by atoms with Crippen LogP contribution in [0.4, 0.5) is 0 Å². The first-order valence-electron chi connectivity index (χ1n) is 6.06. The molecule has 0 radical (unpaired) electrons. The summed E-state index contributed by atoms with van der Waals surface area (Å²) in [6, 6.07) is 2.10. The molecule has 17 heavy (non-hydrogen) atoms. The zero-order valence-electron chi connectivity index (χ0n) is 9.88. The molecule has 1 unspecified atom stereocenters. The van der Waals surface area contributed by atoms with Crippen LogP contribution in [0.2, 0.25) is 5.02 Å². The van der Waals surface area contributed by atoms with Gasteiger partial charge < -0.3 is 14.8 Å². The molecule has 0 aromatic heterocycles. The number of fused-ring (bicyclic) bond motifs is 1. The fourth-order valence-corrected chi connectivity index (χ4v) is 2.86. The molecule has 92 valence electrons. The summed E-state index contributed by atoms with van der Waals surface area (Å²) in [5.74, 6) is 2.06. The summed E-state index contributed by atoms with van der Waals surface area (Å²) >= 11 is 6.37. The van der Waals surface area contributed by atoms with Gasteiger partial charge in [0.15, 0.2) is 11.5 Å². The van der Waals surface area contributed by atoms with Gasteiger partial charge in [-0.1, -0.05) is 11.6 Å². The predicted octanol–water partition coefficient (Wildman–Crippen LogP) is 2.50. The van der Waals surface area contributed by atoms with Gasteiger partial charge in [-0.15, -0.1) is 0 Å². The molecule has 1 saturated heterocycles. The smallest absolute Gasteiger partial charge is 0.180 e. The fraction of sp³-hybridized carbons (Fsp3) is 0.538. The molecule has 1 N–H and O–H groups in total. The Morgan fingerprint density at radius 3 is 2.94 bits per heavy atom. The molecule has 2 aliphatic rings. The standard InChI is InChI=1S/C13H16ClNO2/c1-8-10(9-2-3-15-7-9)6-11-13(12(8)14)17-5-4-16-11/h6,9,15H,2-5,7H2,1H3.